The molecule has 2 rings (SSSR count). The number of hydrogen-bond donors (Lipinski definition) is 9. The van der Waals surface area contributed by atoms with E-state index in [0.717, 1.165) is 0 Å². The Kier molecular flexibility index (Phi) is 10.2. The molecule has 0 saturated carbocycles. The van der Waals surface area contributed by atoms with Gasteiger partial charge in [0.25, 0.3) is 0 Å². The van der Waals surface area contributed by atoms with Crippen LogP contribution in [0.4, 0.5) is 0 Å². The van der Waals surface area contributed by atoms with Crippen molar-refractivity contribution in [1.29, 1.82) is 0 Å². The Hall–Kier alpha value is -0.330. The zero-order valence-corrected chi connectivity index (χ0v) is 17.3. The van der Waals surface area contributed by atoms with Gasteiger partial charge in [-0.25, -0.2) is 5.90 Å². The second-order valence-electron chi connectivity index (χ2n) is 7.24. The van der Waals surface area contributed by atoms with E-state index in [9.17, 15) is 35.2 Å². The summed E-state index contributed by atoms with van der Waals surface area (Å²) in [4.78, 5) is 22.4. The van der Waals surface area contributed by atoms with Gasteiger partial charge < -0.3 is 64.2 Å². The average molecular weight is 479 g/mol. The van der Waals surface area contributed by atoms with Gasteiger partial charge in [0.05, 0.1) is 32.1 Å². The Balaban J connectivity index is 2.14. The summed E-state index contributed by atoms with van der Waals surface area (Å²) in [5.74, 6) is 4.91. The molecule has 16 heteroatoms. The topological polar surface area (TPSA) is 251 Å². The summed E-state index contributed by atoms with van der Waals surface area (Å²) in [7, 11) is -4.44. The molecule has 0 aliphatic carbocycles. The first-order chi connectivity index (χ1) is 14.5. The first-order valence-electron chi connectivity index (χ1n) is 9.45. The second kappa shape index (κ2) is 11.7. The lowest BCUT2D eigenvalue weighted by Gasteiger charge is -2.46. The van der Waals surface area contributed by atoms with Crippen molar-refractivity contribution in [3.8, 4) is 0 Å². The number of aliphatic hydroxyl groups excluding tert-OH is 6. The first kappa shape index (κ1) is 26.9. The summed E-state index contributed by atoms with van der Waals surface area (Å²) in [6.45, 7) is -0.870. The molecular weight excluding hydrogens is 449 g/mol. The Morgan fingerprint density at radius 2 is 1.45 bits per heavy atom. The summed E-state index contributed by atoms with van der Waals surface area (Å²) in [6.07, 6.45) is -16.8. The predicted molar refractivity (Wildman–Crippen MR) is 96.9 cm³/mol. The lowest BCUT2D eigenvalue weighted by Crippen LogP contribution is -2.64. The molecule has 10 atom stereocenters. The molecule has 15 nitrogen and oxygen atoms in total. The molecule has 184 valence electrons. The van der Waals surface area contributed by atoms with Crippen LogP contribution < -0.4 is 5.90 Å². The van der Waals surface area contributed by atoms with Crippen LogP contribution in [0.2, 0.25) is 0 Å². The largest absolute Gasteiger partial charge is 0.394 e. The summed E-state index contributed by atoms with van der Waals surface area (Å²) < 4.78 is 32.7. The Bertz CT molecular complexity index is 594. The molecule has 10 unspecified atom stereocenters. The van der Waals surface area contributed by atoms with Crippen LogP contribution in [-0.2, 0) is 28.4 Å². The highest BCUT2D eigenvalue weighted by Crippen LogP contribution is 2.37. The minimum absolute atomic E-state index is 0.0765. The third-order valence-electron chi connectivity index (χ3n) is 4.97. The molecule has 31 heavy (non-hydrogen) atoms. The van der Waals surface area contributed by atoms with Crippen molar-refractivity contribution in [3.63, 3.8) is 0 Å². The van der Waals surface area contributed by atoms with Gasteiger partial charge in [0.2, 0.25) is 0 Å². The van der Waals surface area contributed by atoms with E-state index in [2.05, 4.69) is 4.84 Å². The molecule has 0 aromatic heterocycles. The van der Waals surface area contributed by atoms with E-state index >= 15 is 0 Å². The second-order valence-corrected chi connectivity index (χ2v) is 9.02. The normalized spacial score (nSPS) is 42.0. The van der Waals surface area contributed by atoms with Crippen LogP contribution in [0.1, 0.15) is 6.42 Å². The SMILES string of the molecule is NOCCOC1OC(CO)C(O)C(O)C1OC1OC(CCP(=O)(O)O)C(O)C(O)C1O. The first-order valence-corrected chi connectivity index (χ1v) is 11.2. The molecule has 2 saturated heterocycles. The average Bonchev–Trinajstić information content (AvgIpc) is 2.71. The molecule has 2 aliphatic heterocycles. The smallest absolute Gasteiger partial charge is 0.325 e. The number of nitrogens with two attached hydrogens (primary N) is 1. The molecule has 0 bridgehead atoms. The monoisotopic (exact) mass is 479 g/mol. The fraction of sp³-hybridized carbons (Fsp3) is 1.00. The van der Waals surface area contributed by atoms with Gasteiger partial charge in [-0.2, -0.15) is 0 Å². The fourth-order valence-electron chi connectivity index (χ4n) is 3.27. The van der Waals surface area contributed by atoms with Gasteiger partial charge in [-0.1, -0.05) is 0 Å². The molecule has 2 heterocycles. The van der Waals surface area contributed by atoms with Crippen molar-refractivity contribution >= 4 is 7.60 Å². The predicted octanol–water partition coefficient (Wildman–Crippen LogP) is -4.91. The van der Waals surface area contributed by atoms with Crippen molar-refractivity contribution < 1.29 is 68.8 Å². The number of hydrogen-bond acceptors (Lipinski definition) is 13. The zero-order chi connectivity index (χ0) is 23.3. The molecule has 2 aliphatic rings. The Morgan fingerprint density at radius 3 is 2.03 bits per heavy atom. The van der Waals surface area contributed by atoms with Gasteiger partial charge in [0.1, 0.15) is 42.7 Å². The molecule has 0 spiro atoms. The van der Waals surface area contributed by atoms with Crippen LogP contribution in [0.25, 0.3) is 0 Å². The standard InChI is InChI=1S/C15H30NO14P/c16-27-3-2-26-15-13(11(21)9(19)7(5-17)29-15)30-14-12(22)10(20)8(18)6(28-14)1-4-31(23,24)25/h6-15,17-22H,1-5,16H2,(H2,23,24,25). The van der Waals surface area contributed by atoms with Crippen molar-refractivity contribution in [2.45, 2.75) is 67.8 Å². The lowest BCUT2D eigenvalue weighted by atomic mass is 9.96. The van der Waals surface area contributed by atoms with E-state index in [0.29, 0.717) is 0 Å². The van der Waals surface area contributed by atoms with Crippen molar-refractivity contribution in [3.05, 3.63) is 0 Å². The maximum atomic E-state index is 11.1. The number of rotatable bonds is 10. The van der Waals surface area contributed by atoms with Gasteiger partial charge in [-0.15, -0.1) is 0 Å². The van der Waals surface area contributed by atoms with Crippen LogP contribution in [-0.4, -0.2) is 128 Å². The minimum atomic E-state index is -4.44. The van der Waals surface area contributed by atoms with Gasteiger partial charge in [0, 0.05) is 0 Å². The van der Waals surface area contributed by atoms with Crippen LogP contribution >= 0.6 is 7.60 Å². The van der Waals surface area contributed by atoms with Crippen molar-refractivity contribution in [2.75, 3.05) is 26.0 Å². The van der Waals surface area contributed by atoms with Crippen LogP contribution in [0.15, 0.2) is 0 Å². The lowest BCUT2D eigenvalue weighted by molar-refractivity contribution is -0.366. The summed E-state index contributed by atoms with van der Waals surface area (Å²) in [5.41, 5.74) is 0. The third kappa shape index (κ3) is 7.07. The maximum absolute atomic E-state index is 11.1. The van der Waals surface area contributed by atoms with E-state index in [1.54, 1.807) is 0 Å². The molecule has 2 fully saturated rings. The van der Waals surface area contributed by atoms with E-state index in [4.69, 9.17) is 34.6 Å². The zero-order valence-electron chi connectivity index (χ0n) is 16.4. The highest BCUT2D eigenvalue weighted by molar-refractivity contribution is 7.51. The van der Waals surface area contributed by atoms with Gasteiger partial charge in [-0.3, -0.25) is 4.57 Å². The Morgan fingerprint density at radius 1 is 0.839 bits per heavy atom. The molecule has 0 radical (unpaired) electrons. The molecule has 0 amide bonds. The molecular formula is C15H30NO14P. The van der Waals surface area contributed by atoms with Crippen molar-refractivity contribution in [1.82, 2.24) is 0 Å². The number of aliphatic hydroxyl groups is 6. The van der Waals surface area contributed by atoms with Gasteiger partial charge >= 0.3 is 7.60 Å². The summed E-state index contributed by atoms with van der Waals surface area (Å²) >= 11 is 0. The molecule has 0 aromatic carbocycles. The van der Waals surface area contributed by atoms with Crippen molar-refractivity contribution in [2.24, 2.45) is 5.90 Å². The summed E-state index contributed by atoms with van der Waals surface area (Å²) in [5, 5.41) is 60.2. The molecule has 0 aromatic rings. The van der Waals surface area contributed by atoms with Crippen LogP contribution in [0.5, 0.6) is 0 Å². The quantitative estimate of drug-likeness (QED) is 0.0808. The van der Waals surface area contributed by atoms with E-state index in [1.165, 1.54) is 0 Å². The van der Waals surface area contributed by atoms with Crippen LogP contribution in [0, 0.1) is 0 Å². The summed E-state index contributed by atoms with van der Waals surface area (Å²) in [6, 6.07) is 0. The van der Waals surface area contributed by atoms with E-state index in [-0.39, 0.29) is 19.6 Å². The maximum Gasteiger partial charge on any atom is 0.325 e. The van der Waals surface area contributed by atoms with E-state index in [1.807, 2.05) is 0 Å². The van der Waals surface area contributed by atoms with E-state index < -0.39 is 81.8 Å². The molecule has 10 N–H and O–H groups in total. The third-order valence-corrected chi connectivity index (χ3v) is 5.81. The highest BCUT2D eigenvalue weighted by atomic mass is 31.2. The van der Waals surface area contributed by atoms with Gasteiger partial charge in [0.15, 0.2) is 12.6 Å². The number of ether oxygens (including phenoxy) is 4. The van der Waals surface area contributed by atoms with Crippen LogP contribution in [0.3, 0.4) is 0 Å². The minimum Gasteiger partial charge on any atom is -0.394 e. The van der Waals surface area contributed by atoms with Gasteiger partial charge in [-0.05, 0) is 6.42 Å². The highest BCUT2D eigenvalue weighted by Gasteiger charge is 2.51. The fourth-order valence-corrected chi connectivity index (χ4v) is 3.86. The Labute approximate surface area is 177 Å².